The van der Waals surface area contributed by atoms with E-state index in [1.165, 1.54) is 43.9 Å². The number of fused-ring (bicyclic) bond motifs is 1. The van der Waals surface area contributed by atoms with Crippen molar-refractivity contribution in [3.05, 3.63) is 24.3 Å². The van der Waals surface area contributed by atoms with Gasteiger partial charge < -0.3 is 5.32 Å². The fourth-order valence-electron chi connectivity index (χ4n) is 3.88. The lowest BCUT2D eigenvalue weighted by atomic mass is 9.85. The van der Waals surface area contributed by atoms with E-state index in [-0.39, 0.29) is 5.91 Å². The molecule has 1 aliphatic carbocycles. The molecule has 5 heteroatoms. The average Bonchev–Trinajstić information content (AvgIpc) is 2.97. The van der Waals surface area contributed by atoms with Crippen molar-refractivity contribution in [1.29, 1.82) is 5.26 Å². The molecule has 122 valence electrons. The molecule has 0 bridgehead atoms. The number of nitrogens with zero attached hydrogens (tertiary/aromatic N) is 2. The van der Waals surface area contributed by atoms with E-state index in [4.69, 9.17) is 5.26 Å². The highest BCUT2D eigenvalue weighted by Gasteiger charge is 2.36. The van der Waals surface area contributed by atoms with Gasteiger partial charge in [0, 0.05) is 10.9 Å². The first-order valence-corrected chi connectivity index (χ1v) is 9.39. The number of carbonyl (C=O) groups excluding carboxylic acids is 1. The molecule has 2 aliphatic rings. The number of nitriles is 1. The predicted octanol–water partition coefficient (Wildman–Crippen LogP) is 3.51. The predicted molar refractivity (Wildman–Crippen MR) is 93.3 cm³/mol. The SMILES string of the molecule is N#CCSc1ccccc1NC(=O)CN1CC[C@@H]2CCCC[C@@H]21. The molecule has 1 N–H and O–H groups in total. The molecule has 0 unspecified atom stereocenters. The molecule has 1 amide bonds. The maximum absolute atomic E-state index is 12.4. The van der Waals surface area contributed by atoms with Crippen molar-refractivity contribution >= 4 is 23.4 Å². The second-order valence-electron chi connectivity index (χ2n) is 6.36. The number of benzene rings is 1. The second kappa shape index (κ2) is 7.85. The van der Waals surface area contributed by atoms with E-state index in [1.807, 2.05) is 24.3 Å². The molecular weight excluding hydrogens is 306 g/mol. The molecule has 1 saturated carbocycles. The van der Waals surface area contributed by atoms with E-state index >= 15 is 0 Å². The molecule has 23 heavy (non-hydrogen) atoms. The van der Waals surface area contributed by atoms with Crippen molar-refractivity contribution in [3.63, 3.8) is 0 Å². The van der Waals surface area contributed by atoms with Gasteiger partial charge in [-0.25, -0.2) is 0 Å². The smallest absolute Gasteiger partial charge is 0.238 e. The van der Waals surface area contributed by atoms with E-state index in [0.717, 1.165) is 23.0 Å². The van der Waals surface area contributed by atoms with Crippen LogP contribution < -0.4 is 5.32 Å². The fraction of sp³-hybridized carbons (Fsp3) is 0.556. The first kappa shape index (κ1) is 16.4. The molecule has 4 nitrogen and oxygen atoms in total. The summed E-state index contributed by atoms with van der Waals surface area (Å²) in [6.07, 6.45) is 6.47. The van der Waals surface area contributed by atoms with Crippen molar-refractivity contribution in [3.8, 4) is 6.07 Å². The molecule has 3 rings (SSSR count). The van der Waals surface area contributed by atoms with E-state index < -0.39 is 0 Å². The summed E-state index contributed by atoms with van der Waals surface area (Å²) in [5.74, 6) is 1.25. The molecule has 0 spiro atoms. The first-order chi connectivity index (χ1) is 11.3. The zero-order valence-electron chi connectivity index (χ0n) is 13.3. The van der Waals surface area contributed by atoms with Gasteiger partial charge in [-0.05, 0) is 43.9 Å². The number of rotatable bonds is 5. The Hall–Kier alpha value is -1.51. The summed E-state index contributed by atoms with van der Waals surface area (Å²) in [7, 11) is 0. The standard InChI is InChI=1S/C18H23N3OS/c19-10-12-23-17-8-4-2-6-15(17)20-18(22)13-21-11-9-14-5-1-3-7-16(14)21/h2,4,6,8,14,16H,1,3,5,7,9,11-13H2,(H,20,22)/t14-,16-/m0/s1. The minimum absolute atomic E-state index is 0.0567. The topological polar surface area (TPSA) is 56.1 Å². The quantitative estimate of drug-likeness (QED) is 0.840. The lowest BCUT2D eigenvalue weighted by molar-refractivity contribution is -0.117. The van der Waals surface area contributed by atoms with Gasteiger partial charge in [0.05, 0.1) is 24.1 Å². The summed E-state index contributed by atoms with van der Waals surface area (Å²) >= 11 is 1.46. The first-order valence-electron chi connectivity index (χ1n) is 8.40. The third kappa shape index (κ3) is 4.07. The highest BCUT2D eigenvalue weighted by Crippen LogP contribution is 2.36. The van der Waals surface area contributed by atoms with Crippen LogP contribution in [-0.2, 0) is 4.79 Å². The van der Waals surface area contributed by atoms with Crippen LogP contribution in [0, 0.1) is 17.2 Å². The summed E-state index contributed by atoms with van der Waals surface area (Å²) in [5, 5.41) is 11.8. The monoisotopic (exact) mass is 329 g/mol. The van der Waals surface area contributed by atoms with Crippen LogP contribution in [-0.4, -0.2) is 35.7 Å². The largest absolute Gasteiger partial charge is 0.324 e. The Labute approximate surface area is 142 Å². The van der Waals surface area contributed by atoms with Crippen LogP contribution >= 0.6 is 11.8 Å². The second-order valence-corrected chi connectivity index (χ2v) is 7.38. The summed E-state index contributed by atoms with van der Waals surface area (Å²) in [5.41, 5.74) is 0.817. The van der Waals surface area contributed by atoms with Crippen LogP contribution in [0.25, 0.3) is 0 Å². The van der Waals surface area contributed by atoms with Gasteiger partial charge in [0.25, 0.3) is 0 Å². The summed E-state index contributed by atoms with van der Waals surface area (Å²) in [6, 6.07) is 10.4. The lowest BCUT2D eigenvalue weighted by Crippen LogP contribution is -2.39. The van der Waals surface area contributed by atoms with Crippen molar-refractivity contribution < 1.29 is 4.79 Å². The Morgan fingerprint density at radius 3 is 3.00 bits per heavy atom. The lowest BCUT2D eigenvalue weighted by Gasteiger charge is -2.31. The summed E-state index contributed by atoms with van der Waals surface area (Å²) in [6.45, 7) is 1.53. The Bertz CT molecular complexity index is 598. The third-order valence-electron chi connectivity index (χ3n) is 4.93. The number of likely N-dealkylation sites (tertiary alicyclic amines) is 1. The molecule has 1 aliphatic heterocycles. The Kier molecular flexibility index (Phi) is 5.58. The highest BCUT2D eigenvalue weighted by atomic mass is 32.2. The number of para-hydroxylation sites is 1. The number of carbonyl (C=O) groups is 1. The number of nitrogens with one attached hydrogen (secondary N) is 1. The van der Waals surface area contributed by atoms with Gasteiger partial charge in [-0.3, -0.25) is 9.69 Å². The van der Waals surface area contributed by atoms with Crippen LogP contribution in [0.4, 0.5) is 5.69 Å². The number of hydrogen-bond donors (Lipinski definition) is 1. The molecule has 1 aromatic rings. The van der Waals surface area contributed by atoms with E-state index in [9.17, 15) is 4.79 Å². The van der Waals surface area contributed by atoms with Crippen molar-refractivity contribution in [2.24, 2.45) is 5.92 Å². The number of anilines is 1. The number of amides is 1. The average molecular weight is 329 g/mol. The Morgan fingerprint density at radius 1 is 1.30 bits per heavy atom. The van der Waals surface area contributed by atoms with E-state index in [0.29, 0.717) is 18.3 Å². The Balaban J connectivity index is 1.58. The molecular formula is C18H23N3OS. The third-order valence-corrected chi connectivity index (χ3v) is 5.87. The summed E-state index contributed by atoms with van der Waals surface area (Å²) in [4.78, 5) is 15.8. The van der Waals surface area contributed by atoms with Crippen LogP contribution in [0.1, 0.15) is 32.1 Å². The van der Waals surface area contributed by atoms with Crippen LogP contribution in [0.5, 0.6) is 0 Å². The van der Waals surface area contributed by atoms with Gasteiger partial charge in [0.15, 0.2) is 0 Å². The minimum Gasteiger partial charge on any atom is -0.324 e. The molecule has 0 aromatic heterocycles. The van der Waals surface area contributed by atoms with Gasteiger partial charge >= 0.3 is 0 Å². The molecule has 1 aromatic carbocycles. The van der Waals surface area contributed by atoms with Gasteiger partial charge in [-0.2, -0.15) is 5.26 Å². The Morgan fingerprint density at radius 2 is 2.13 bits per heavy atom. The van der Waals surface area contributed by atoms with E-state index in [1.54, 1.807) is 0 Å². The molecule has 2 fully saturated rings. The van der Waals surface area contributed by atoms with Gasteiger partial charge in [-0.15, -0.1) is 11.8 Å². The maximum atomic E-state index is 12.4. The molecule has 0 radical (unpaired) electrons. The van der Waals surface area contributed by atoms with E-state index in [2.05, 4.69) is 16.3 Å². The molecule has 2 atom stereocenters. The van der Waals surface area contributed by atoms with Crippen LogP contribution in [0.15, 0.2) is 29.2 Å². The van der Waals surface area contributed by atoms with Gasteiger partial charge in [-0.1, -0.05) is 25.0 Å². The zero-order chi connectivity index (χ0) is 16.1. The van der Waals surface area contributed by atoms with Crippen molar-refractivity contribution in [2.45, 2.75) is 43.0 Å². The van der Waals surface area contributed by atoms with Gasteiger partial charge in [0.1, 0.15) is 0 Å². The zero-order valence-corrected chi connectivity index (χ0v) is 14.1. The van der Waals surface area contributed by atoms with Crippen molar-refractivity contribution in [2.75, 3.05) is 24.2 Å². The molecule has 1 saturated heterocycles. The number of thioether (sulfide) groups is 1. The highest BCUT2D eigenvalue weighted by molar-refractivity contribution is 7.99. The van der Waals surface area contributed by atoms with Crippen molar-refractivity contribution in [1.82, 2.24) is 4.90 Å². The summed E-state index contributed by atoms with van der Waals surface area (Å²) < 4.78 is 0. The fourth-order valence-corrected chi connectivity index (χ4v) is 4.55. The normalized spacial score (nSPS) is 24.0. The minimum atomic E-state index is 0.0567. The van der Waals surface area contributed by atoms with Crippen LogP contribution in [0.2, 0.25) is 0 Å². The maximum Gasteiger partial charge on any atom is 0.238 e. The van der Waals surface area contributed by atoms with Crippen LogP contribution in [0.3, 0.4) is 0 Å². The molecule has 1 heterocycles. The number of hydrogen-bond acceptors (Lipinski definition) is 4. The van der Waals surface area contributed by atoms with Gasteiger partial charge in [0.2, 0.25) is 5.91 Å².